The molecule has 2 aromatic heterocycles. The number of carbonyl (C=O) groups is 1. The van der Waals surface area contributed by atoms with Crippen LogP contribution in [-0.4, -0.2) is 38.9 Å². The molecule has 0 saturated heterocycles. The van der Waals surface area contributed by atoms with Gasteiger partial charge in [0.05, 0.1) is 0 Å². The standard InChI is InChI=1S/C13H14N4O2S/c1-17-9-15-16-11(17)4-6-14-13(19)12-10(3-2-7-18)5-8-20-12/h5,8-9,18H,4,6-7H2,1H3,(H,14,19). The SMILES string of the molecule is Cn1cnnc1CCNC(=O)c1sccc1C#CCO. The van der Waals surface area contributed by atoms with Crippen LogP contribution in [0.1, 0.15) is 21.1 Å². The van der Waals surface area contributed by atoms with Gasteiger partial charge in [-0.05, 0) is 11.4 Å². The van der Waals surface area contributed by atoms with E-state index in [0.717, 1.165) is 5.82 Å². The highest BCUT2D eigenvalue weighted by Gasteiger charge is 2.11. The summed E-state index contributed by atoms with van der Waals surface area (Å²) in [6, 6.07) is 1.77. The Bertz CT molecular complexity index is 651. The average molecular weight is 290 g/mol. The lowest BCUT2D eigenvalue weighted by atomic mass is 10.2. The number of nitrogens with one attached hydrogen (secondary N) is 1. The van der Waals surface area contributed by atoms with Crippen molar-refractivity contribution in [3.05, 3.63) is 34.0 Å². The van der Waals surface area contributed by atoms with E-state index >= 15 is 0 Å². The normalized spacial score (nSPS) is 9.90. The fourth-order valence-corrected chi connectivity index (χ4v) is 2.39. The number of aromatic nitrogens is 3. The van der Waals surface area contributed by atoms with E-state index in [1.54, 1.807) is 17.8 Å². The van der Waals surface area contributed by atoms with Crippen molar-refractivity contribution in [3.8, 4) is 11.8 Å². The molecule has 2 aromatic rings. The molecule has 1 amide bonds. The molecule has 0 radical (unpaired) electrons. The second-order valence-corrected chi connectivity index (χ2v) is 4.90. The number of hydrogen-bond donors (Lipinski definition) is 2. The van der Waals surface area contributed by atoms with Crippen LogP contribution < -0.4 is 5.32 Å². The molecule has 2 heterocycles. The van der Waals surface area contributed by atoms with Gasteiger partial charge < -0.3 is 15.0 Å². The van der Waals surface area contributed by atoms with Gasteiger partial charge in [0.25, 0.3) is 5.91 Å². The van der Waals surface area contributed by atoms with E-state index in [1.165, 1.54) is 11.3 Å². The van der Waals surface area contributed by atoms with Crippen molar-refractivity contribution in [1.82, 2.24) is 20.1 Å². The van der Waals surface area contributed by atoms with Crippen molar-refractivity contribution in [3.63, 3.8) is 0 Å². The zero-order chi connectivity index (χ0) is 14.4. The first-order valence-electron chi connectivity index (χ1n) is 6.00. The van der Waals surface area contributed by atoms with Crippen LogP contribution in [-0.2, 0) is 13.5 Å². The fourth-order valence-electron chi connectivity index (χ4n) is 1.62. The molecule has 0 bridgehead atoms. The maximum Gasteiger partial charge on any atom is 0.262 e. The topological polar surface area (TPSA) is 80.0 Å². The summed E-state index contributed by atoms with van der Waals surface area (Å²) in [5, 5.41) is 21.0. The third-order valence-electron chi connectivity index (χ3n) is 2.61. The summed E-state index contributed by atoms with van der Waals surface area (Å²) in [7, 11) is 1.86. The number of rotatable bonds is 4. The van der Waals surface area contributed by atoms with Gasteiger partial charge in [0.15, 0.2) is 0 Å². The predicted octanol–water partition coefficient (Wildman–Crippen LogP) is 0.193. The molecule has 0 unspecified atom stereocenters. The van der Waals surface area contributed by atoms with Gasteiger partial charge in [0.2, 0.25) is 0 Å². The molecule has 20 heavy (non-hydrogen) atoms. The smallest absolute Gasteiger partial charge is 0.262 e. The van der Waals surface area contributed by atoms with Gasteiger partial charge in [-0.3, -0.25) is 4.79 Å². The van der Waals surface area contributed by atoms with E-state index in [1.807, 2.05) is 11.6 Å². The van der Waals surface area contributed by atoms with E-state index < -0.39 is 0 Å². The highest BCUT2D eigenvalue weighted by Crippen LogP contribution is 2.15. The monoisotopic (exact) mass is 290 g/mol. The molecule has 7 heteroatoms. The Morgan fingerprint density at radius 3 is 3.15 bits per heavy atom. The lowest BCUT2D eigenvalue weighted by Crippen LogP contribution is -2.26. The van der Waals surface area contributed by atoms with Gasteiger partial charge in [-0.2, -0.15) is 0 Å². The number of amides is 1. The molecule has 6 nitrogen and oxygen atoms in total. The van der Waals surface area contributed by atoms with E-state index in [2.05, 4.69) is 27.4 Å². The zero-order valence-electron chi connectivity index (χ0n) is 11.0. The molecule has 0 atom stereocenters. The van der Waals surface area contributed by atoms with Crippen molar-refractivity contribution in [2.24, 2.45) is 7.05 Å². The average Bonchev–Trinajstić information content (AvgIpc) is 3.06. The molecule has 0 aliphatic rings. The van der Waals surface area contributed by atoms with Crippen LogP contribution >= 0.6 is 11.3 Å². The third-order valence-corrected chi connectivity index (χ3v) is 3.53. The van der Waals surface area contributed by atoms with Crippen LogP contribution in [0.3, 0.4) is 0 Å². The molecule has 2 rings (SSSR count). The fraction of sp³-hybridized carbons (Fsp3) is 0.308. The van der Waals surface area contributed by atoms with Gasteiger partial charge in [-0.25, -0.2) is 0 Å². The minimum atomic E-state index is -0.219. The number of aliphatic hydroxyl groups is 1. The molecule has 104 valence electrons. The molecule has 0 aliphatic heterocycles. The molecule has 0 spiro atoms. The van der Waals surface area contributed by atoms with Crippen LogP contribution in [0, 0.1) is 11.8 Å². The summed E-state index contributed by atoms with van der Waals surface area (Å²) in [6.07, 6.45) is 2.24. The summed E-state index contributed by atoms with van der Waals surface area (Å²) < 4.78 is 1.81. The molecule has 0 aromatic carbocycles. The van der Waals surface area contributed by atoms with Crippen molar-refractivity contribution >= 4 is 17.2 Å². The maximum absolute atomic E-state index is 12.0. The van der Waals surface area contributed by atoms with Gasteiger partial charge in [-0.15, -0.1) is 21.5 Å². The minimum absolute atomic E-state index is 0.163. The molecular formula is C13H14N4O2S. The van der Waals surface area contributed by atoms with Crippen molar-refractivity contribution in [1.29, 1.82) is 0 Å². The van der Waals surface area contributed by atoms with Crippen LogP contribution in [0.25, 0.3) is 0 Å². The Kier molecular flexibility index (Phi) is 4.87. The second-order valence-electron chi connectivity index (χ2n) is 3.99. The molecule has 0 aliphatic carbocycles. The van der Waals surface area contributed by atoms with Crippen molar-refractivity contribution in [2.45, 2.75) is 6.42 Å². The van der Waals surface area contributed by atoms with E-state index in [-0.39, 0.29) is 12.5 Å². The Balaban J connectivity index is 1.92. The molecule has 0 fully saturated rings. The van der Waals surface area contributed by atoms with Crippen LogP contribution in [0.5, 0.6) is 0 Å². The van der Waals surface area contributed by atoms with Crippen LogP contribution in [0.4, 0.5) is 0 Å². The number of nitrogens with zero attached hydrogens (tertiary/aromatic N) is 3. The number of aryl methyl sites for hydroxylation is 1. The van der Waals surface area contributed by atoms with E-state index in [0.29, 0.717) is 23.4 Å². The summed E-state index contributed by atoms with van der Waals surface area (Å²) in [5.41, 5.74) is 0.639. The van der Waals surface area contributed by atoms with Gasteiger partial charge in [-0.1, -0.05) is 11.8 Å². The highest BCUT2D eigenvalue weighted by molar-refractivity contribution is 7.12. The van der Waals surface area contributed by atoms with Crippen molar-refractivity contribution in [2.75, 3.05) is 13.2 Å². The minimum Gasteiger partial charge on any atom is -0.384 e. The van der Waals surface area contributed by atoms with Crippen LogP contribution in [0.2, 0.25) is 0 Å². The third kappa shape index (κ3) is 3.44. The molecule has 0 saturated carbocycles. The number of hydrogen-bond acceptors (Lipinski definition) is 5. The molecular weight excluding hydrogens is 276 g/mol. The first-order valence-corrected chi connectivity index (χ1v) is 6.88. The molecule has 2 N–H and O–H groups in total. The Labute approximate surface area is 120 Å². The first-order chi connectivity index (χ1) is 9.72. The summed E-state index contributed by atoms with van der Waals surface area (Å²) in [4.78, 5) is 12.6. The van der Waals surface area contributed by atoms with Gasteiger partial charge in [0, 0.05) is 25.6 Å². The Hall–Kier alpha value is -2.17. The van der Waals surface area contributed by atoms with Gasteiger partial charge >= 0.3 is 0 Å². The lowest BCUT2D eigenvalue weighted by Gasteiger charge is -2.03. The second kappa shape index (κ2) is 6.84. The Morgan fingerprint density at radius 1 is 1.60 bits per heavy atom. The summed E-state index contributed by atoms with van der Waals surface area (Å²) in [5.74, 6) is 5.96. The number of aliphatic hydroxyl groups excluding tert-OH is 1. The van der Waals surface area contributed by atoms with E-state index in [9.17, 15) is 4.79 Å². The quantitative estimate of drug-likeness (QED) is 0.788. The summed E-state index contributed by atoms with van der Waals surface area (Å²) in [6.45, 7) is 0.263. The van der Waals surface area contributed by atoms with Crippen molar-refractivity contribution < 1.29 is 9.90 Å². The lowest BCUT2D eigenvalue weighted by molar-refractivity contribution is 0.0957. The largest absolute Gasteiger partial charge is 0.384 e. The zero-order valence-corrected chi connectivity index (χ0v) is 11.8. The number of thiophene rings is 1. The summed E-state index contributed by atoms with van der Waals surface area (Å²) >= 11 is 1.33. The van der Waals surface area contributed by atoms with Crippen LogP contribution in [0.15, 0.2) is 17.8 Å². The number of carbonyl (C=O) groups excluding carboxylic acids is 1. The predicted molar refractivity (Wildman–Crippen MR) is 75.3 cm³/mol. The maximum atomic E-state index is 12.0. The Morgan fingerprint density at radius 2 is 2.45 bits per heavy atom. The van der Waals surface area contributed by atoms with E-state index in [4.69, 9.17) is 5.11 Å². The first kappa shape index (κ1) is 14.2. The van der Waals surface area contributed by atoms with Gasteiger partial charge in [0.1, 0.15) is 23.6 Å². The highest BCUT2D eigenvalue weighted by atomic mass is 32.1.